The van der Waals surface area contributed by atoms with Gasteiger partial charge in [0.05, 0.1) is 0 Å². The Morgan fingerprint density at radius 1 is 1.24 bits per heavy atom. The quantitative estimate of drug-likeness (QED) is 0.706. The van der Waals surface area contributed by atoms with Crippen LogP contribution in [0.3, 0.4) is 0 Å². The summed E-state index contributed by atoms with van der Waals surface area (Å²) in [7, 11) is 0. The lowest BCUT2D eigenvalue weighted by atomic mass is 10.1. The Balaban J connectivity index is 3.64. The van der Waals surface area contributed by atoms with E-state index in [4.69, 9.17) is 4.74 Å². The fraction of sp³-hybridized carbons (Fsp3) is 0.923. The van der Waals surface area contributed by atoms with Gasteiger partial charge in [-0.15, -0.1) is 0 Å². The molecule has 1 atom stereocenters. The van der Waals surface area contributed by atoms with E-state index in [0.29, 0.717) is 5.92 Å². The van der Waals surface area contributed by atoms with Gasteiger partial charge in [0.1, 0.15) is 5.60 Å². The molecular weight excluding hydrogens is 216 g/mol. The third-order valence-electron chi connectivity index (χ3n) is 2.11. The zero-order valence-corrected chi connectivity index (χ0v) is 12.1. The molecule has 0 aromatic rings. The molecule has 102 valence electrons. The highest BCUT2D eigenvalue weighted by molar-refractivity contribution is 5.68. The van der Waals surface area contributed by atoms with Crippen LogP contribution in [0.4, 0.5) is 4.79 Å². The van der Waals surface area contributed by atoms with Gasteiger partial charge in [0.2, 0.25) is 0 Å². The van der Waals surface area contributed by atoms with E-state index in [1.54, 1.807) is 0 Å². The van der Waals surface area contributed by atoms with Crippen LogP contribution in [-0.4, -0.2) is 30.8 Å². The minimum atomic E-state index is -0.436. The van der Waals surface area contributed by atoms with Crippen molar-refractivity contribution in [3.8, 4) is 0 Å². The summed E-state index contributed by atoms with van der Waals surface area (Å²) in [6, 6.07) is 0.0806. The normalized spacial score (nSPS) is 13.6. The highest BCUT2D eigenvalue weighted by atomic mass is 16.6. The molecule has 17 heavy (non-hydrogen) atoms. The summed E-state index contributed by atoms with van der Waals surface area (Å²) in [6.07, 6.45) is 0.801. The smallest absolute Gasteiger partial charge is 0.407 e. The molecule has 0 spiro atoms. The van der Waals surface area contributed by atoms with Gasteiger partial charge in [-0.1, -0.05) is 13.8 Å². The van der Waals surface area contributed by atoms with Crippen molar-refractivity contribution in [1.82, 2.24) is 10.6 Å². The maximum Gasteiger partial charge on any atom is 0.407 e. The fourth-order valence-corrected chi connectivity index (χ4v) is 1.27. The molecule has 0 radical (unpaired) electrons. The highest BCUT2D eigenvalue weighted by Gasteiger charge is 2.17. The Morgan fingerprint density at radius 2 is 1.82 bits per heavy atom. The Hall–Kier alpha value is -0.770. The molecule has 0 saturated carbocycles. The summed E-state index contributed by atoms with van der Waals surface area (Å²) in [5.41, 5.74) is -0.436. The predicted octanol–water partition coefficient (Wildman–Crippen LogP) is 2.54. The average molecular weight is 244 g/mol. The molecule has 0 aliphatic rings. The van der Waals surface area contributed by atoms with E-state index in [9.17, 15) is 4.79 Å². The summed E-state index contributed by atoms with van der Waals surface area (Å²) in [4.78, 5) is 11.4. The molecule has 4 heteroatoms. The maximum absolute atomic E-state index is 11.4. The first-order valence-electron chi connectivity index (χ1n) is 6.41. The zero-order valence-electron chi connectivity index (χ0n) is 12.1. The topological polar surface area (TPSA) is 50.4 Å². The first-order valence-corrected chi connectivity index (χ1v) is 6.41. The van der Waals surface area contributed by atoms with Crippen LogP contribution in [0.25, 0.3) is 0 Å². The van der Waals surface area contributed by atoms with Crippen LogP contribution >= 0.6 is 0 Å². The molecule has 0 fully saturated rings. The lowest BCUT2D eigenvalue weighted by molar-refractivity contribution is 0.0508. The van der Waals surface area contributed by atoms with Crippen molar-refractivity contribution in [3.63, 3.8) is 0 Å². The number of alkyl carbamates (subject to hydrolysis) is 1. The van der Waals surface area contributed by atoms with E-state index in [1.807, 2.05) is 27.7 Å². The SMILES string of the molecule is CC(C)CCNCC(C)NC(=O)OC(C)(C)C. The monoisotopic (exact) mass is 244 g/mol. The number of amides is 1. The van der Waals surface area contributed by atoms with Crippen LogP contribution in [-0.2, 0) is 4.74 Å². The van der Waals surface area contributed by atoms with Crippen LogP contribution in [0, 0.1) is 5.92 Å². The number of ether oxygens (including phenoxy) is 1. The van der Waals surface area contributed by atoms with Crippen molar-refractivity contribution >= 4 is 6.09 Å². The van der Waals surface area contributed by atoms with E-state index < -0.39 is 5.60 Å². The number of rotatable bonds is 6. The van der Waals surface area contributed by atoms with Crippen LogP contribution in [0.15, 0.2) is 0 Å². The summed E-state index contributed by atoms with van der Waals surface area (Å²) in [6.45, 7) is 13.7. The first-order chi connectivity index (χ1) is 7.70. The molecular formula is C13H28N2O2. The predicted molar refractivity (Wildman–Crippen MR) is 71.2 cm³/mol. The fourth-order valence-electron chi connectivity index (χ4n) is 1.27. The van der Waals surface area contributed by atoms with Crippen molar-refractivity contribution in [3.05, 3.63) is 0 Å². The van der Waals surface area contributed by atoms with Gasteiger partial charge in [0, 0.05) is 12.6 Å². The second kappa shape index (κ2) is 7.54. The largest absolute Gasteiger partial charge is 0.444 e. The van der Waals surface area contributed by atoms with Crippen molar-refractivity contribution in [2.45, 2.75) is 59.6 Å². The van der Waals surface area contributed by atoms with Gasteiger partial charge < -0.3 is 15.4 Å². The highest BCUT2D eigenvalue weighted by Crippen LogP contribution is 2.06. The van der Waals surface area contributed by atoms with E-state index in [-0.39, 0.29) is 12.1 Å². The zero-order chi connectivity index (χ0) is 13.5. The Bertz CT molecular complexity index is 222. The average Bonchev–Trinajstić information content (AvgIpc) is 2.08. The number of carbonyl (C=O) groups is 1. The van der Waals surface area contributed by atoms with Crippen LogP contribution in [0.1, 0.15) is 48.0 Å². The molecule has 0 aromatic carbocycles. The van der Waals surface area contributed by atoms with Crippen molar-refractivity contribution in [1.29, 1.82) is 0 Å². The van der Waals surface area contributed by atoms with E-state index in [0.717, 1.165) is 19.5 Å². The van der Waals surface area contributed by atoms with Gasteiger partial charge >= 0.3 is 6.09 Å². The van der Waals surface area contributed by atoms with Crippen LogP contribution in [0.2, 0.25) is 0 Å². The summed E-state index contributed by atoms with van der Waals surface area (Å²) in [5.74, 6) is 0.705. The summed E-state index contributed by atoms with van der Waals surface area (Å²) < 4.78 is 5.18. The molecule has 2 N–H and O–H groups in total. The van der Waals surface area contributed by atoms with Crippen LogP contribution in [0.5, 0.6) is 0 Å². The van der Waals surface area contributed by atoms with Gasteiger partial charge in [0.25, 0.3) is 0 Å². The van der Waals surface area contributed by atoms with E-state index in [2.05, 4.69) is 24.5 Å². The Labute approximate surface area is 105 Å². The second-order valence-electron chi connectivity index (χ2n) is 5.93. The van der Waals surface area contributed by atoms with Crippen LogP contribution < -0.4 is 10.6 Å². The molecule has 0 aromatic heterocycles. The first kappa shape index (κ1) is 16.2. The molecule has 1 amide bonds. The second-order valence-corrected chi connectivity index (χ2v) is 5.93. The maximum atomic E-state index is 11.4. The lowest BCUT2D eigenvalue weighted by Gasteiger charge is -2.22. The molecule has 0 rings (SSSR count). The number of carbonyl (C=O) groups excluding carboxylic acids is 1. The minimum Gasteiger partial charge on any atom is -0.444 e. The van der Waals surface area contributed by atoms with Gasteiger partial charge in [-0.25, -0.2) is 4.79 Å². The molecule has 0 aliphatic heterocycles. The molecule has 0 bridgehead atoms. The third kappa shape index (κ3) is 11.5. The van der Waals surface area contributed by atoms with Gasteiger partial charge in [-0.2, -0.15) is 0 Å². The number of hydrogen-bond donors (Lipinski definition) is 2. The van der Waals surface area contributed by atoms with E-state index in [1.165, 1.54) is 0 Å². The van der Waals surface area contributed by atoms with Gasteiger partial charge in [-0.05, 0) is 46.6 Å². The molecule has 4 nitrogen and oxygen atoms in total. The third-order valence-corrected chi connectivity index (χ3v) is 2.11. The summed E-state index contributed by atoms with van der Waals surface area (Å²) >= 11 is 0. The van der Waals surface area contributed by atoms with Gasteiger partial charge in [0.15, 0.2) is 0 Å². The molecule has 0 saturated heterocycles. The van der Waals surface area contributed by atoms with Gasteiger partial charge in [-0.3, -0.25) is 0 Å². The van der Waals surface area contributed by atoms with E-state index >= 15 is 0 Å². The summed E-state index contributed by atoms with van der Waals surface area (Å²) in [5, 5.41) is 6.12. The number of nitrogens with one attached hydrogen (secondary N) is 2. The van der Waals surface area contributed by atoms with Crippen molar-refractivity contribution < 1.29 is 9.53 Å². The standard InChI is InChI=1S/C13H28N2O2/c1-10(2)7-8-14-9-11(3)15-12(16)17-13(4,5)6/h10-11,14H,7-9H2,1-6H3,(H,15,16). The minimum absolute atomic E-state index is 0.0806. The lowest BCUT2D eigenvalue weighted by Crippen LogP contribution is -2.42. The molecule has 0 heterocycles. The molecule has 0 aliphatic carbocycles. The Morgan fingerprint density at radius 3 is 2.29 bits per heavy atom. The molecule has 1 unspecified atom stereocenters. The Kier molecular flexibility index (Phi) is 7.19. The van der Waals surface area contributed by atoms with Crippen molar-refractivity contribution in [2.75, 3.05) is 13.1 Å². The van der Waals surface area contributed by atoms with Crippen molar-refractivity contribution in [2.24, 2.45) is 5.92 Å². The number of hydrogen-bond acceptors (Lipinski definition) is 3.